The highest BCUT2D eigenvalue weighted by Crippen LogP contribution is 2.23. The molecule has 1 aliphatic rings. The quantitative estimate of drug-likeness (QED) is 0.0261. The number of allylic oxidation sites excluding steroid dienone is 17. The Morgan fingerprint density at radius 1 is 0.479 bits per heavy atom. The van der Waals surface area contributed by atoms with Gasteiger partial charge in [-0.2, -0.15) is 0 Å². The molecule has 0 saturated carbocycles. The first-order chi connectivity index (χ1) is 35.8. The molecule has 7 atom stereocenters. The second kappa shape index (κ2) is 52.3. The Morgan fingerprint density at radius 2 is 0.849 bits per heavy atom. The Hall–Kier alpha value is -3.15. The second-order valence-electron chi connectivity index (χ2n) is 20.1. The van der Waals surface area contributed by atoms with Gasteiger partial charge in [0.05, 0.1) is 25.4 Å². The SMILES string of the molecule is CC/C=C\C/C=C\C/C=C\C/C=C\C/C=C\C/C=C\C/C=C\C/C=C\CCCCCCCCCCC(=O)NC(COC1OC(CO)C(O)C(O)C1O)C(O)/C=C/CCCCCCCCCCCCCCCCC. The van der Waals surface area contributed by atoms with Crippen LogP contribution >= 0.6 is 0 Å². The third-order valence-electron chi connectivity index (χ3n) is 13.4. The highest BCUT2D eigenvalue weighted by molar-refractivity contribution is 5.76. The first-order valence-electron chi connectivity index (χ1n) is 29.6. The van der Waals surface area contributed by atoms with Gasteiger partial charge in [-0.1, -0.05) is 252 Å². The molecule has 1 heterocycles. The summed E-state index contributed by atoms with van der Waals surface area (Å²) in [7, 11) is 0. The van der Waals surface area contributed by atoms with E-state index >= 15 is 0 Å². The third kappa shape index (κ3) is 41.7. The summed E-state index contributed by atoms with van der Waals surface area (Å²) in [5, 5.41) is 54.5. The maximum atomic E-state index is 13.1. The van der Waals surface area contributed by atoms with E-state index in [0.717, 1.165) is 103 Å². The Bertz CT molecular complexity index is 1510. The molecule has 0 aromatic heterocycles. The first-order valence-corrected chi connectivity index (χ1v) is 29.6. The van der Waals surface area contributed by atoms with Gasteiger partial charge in [0.2, 0.25) is 5.91 Å². The number of carbonyl (C=O) groups is 1. The summed E-state index contributed by atoms with van der Waals surface area (Å²) in [5.41, 5.74) is 0. The van der Waals surface area contributed by atoms with Gasteiger partial charge in [-0.05, 0) is 83.5 Å². The van der Waals surface area contributed by atoms with Crippen molar-refractivity contribution in [1.82, 2.24) is 5.32 Å². The lowest BCUT2D eigenvalue weighted by Gasteiger charge is -2.40. The lowest BCUT2D eigenvalue weighted by atomic mass is 9.99. The van der Waals surface area contributed by atoms with Crippen molar-refractivity contribution in [3.05, 3.63) is 109 Å². The number of aliphatic hydroxyl groups is 5. The first kappa shape index (κ1) is 67.9. The van der Waals surface area contributed by atoms with Gasteiger partial charge in [0.25, 0.3) is 0 Å². The fraction of sp³-hybridized carbons (Fsp3) is 0.703. The molecule has 0 spiro atoms. The maximum Gasteiger partial charge on any atom is 0.220 e. The van der Waals surface area contributed by atoms with E-state index in [1.165, 1.54) is 109 Å². The molecular weight excluding hydrogens is 911 g/mol. The monoisotopic (exact) mass is 1020 g/mol. The summed E-state index contributed by atoms with van der Waals surface area (Å²) in [6, 6.07) is -0.817. The Labute approximate surface area is 446 Å². The number of nitrogens with one attached hydrogen (secondary N) is 1. The predicted molar refractivity (Wildman–Crippen MR) is 308 cm³/mol. The highest BCUT2D eigenvalue weighted by Gasteiger charge is 2.44. The Morgan fingerprint density at radius 3 is 1.26 bits per heavy atom. The molecule has 6 N–H and O–H groups in total. The van der Waals surface area contributed by atoms with E-state index in [-0.39, 0.29) is 12.5 Å². The third-order valence-corrected chi connectivity index (χ3v) is 13.4. The zero-order chi connectivity index (χ0) is 52.9. The molecule has 1 amide bonds. The van der Waals surface area contributed by atoms with E-state index in [0.29, 0.717) is 6.42 Å². The molecular formula is C64H109NO8. The van der Waals surface area contributed by atoms with Gasteiger partial charge in [0.15, 0.2) is 6.29 Å². The topological polar surface area (TPSA) is 149 Å². The van der Waals surface area contributed by atoms with Crippen LogP contribution in [0.2, 0.25) is 0 Å². The van der Waals surface area contributed by atoms with E-state index < -0.39 is 49.5 Å². The van der Waals surface area contributed by atoms with Crippen LogP contribution in [0.4, 0.5) is 0 Å². The van der Waals surface area contributed by atoms with Gasteiger partial charge in [-0.15, -0.1) is 0 Å². The maximum absolute atomic E-state index is 13.1. The smallest absolute Gasteiger partial charge is 0.220 e. The standard InChI is InChI=1S/C64H109NO8/c1-3-5-7-9-11-13-15-17-19-21-22-23-24-25-26-27-28-29-30-31-32-33-34-35-36-38-40-42-44-46-48-50-52-54-60(68)65-57(56-72-64-63(71)62(70)61(69)59(55-66)73-64)58(67)53-51-49-47-45-43-41-39-37-20-18-16-14-12-10-8-6-4-2/h5,7,11,13,17,19,22-23,25-26,28-29,31-32,34-35,51,53,57-59,61-64,66-67,69-71H,3-4,6,8-10,12,14-16,18,20-21,24,27,30,33,36-50,52,54-56H2,1-2H3,(H,65,68)/b7-5-,13-11-,19-17-,23-22-,26-25-,29-28-,32-31-,35-34-,53-51+. The van der Waals surface area contributed by atoms with E-state index in [4.69, 9.17) is 9.47 Å². The van der Waals surface area contributed by atoms with Crippen molar-refractivity contribution < 1.29 is 39.8 Å². The number of carbonyl (C=O) groups excluding carboxylic acids is 1. The predicted octanol–water partition coefficient (Wildman–Crippen LogP) is 15.0. The van der Waals surface area contributed by atoms with E-state index in [1.807, 2.05) is 6.08 Å². The average Bonchev–Trinajstić information content (AvgIpc) is 3.39. The van der Waals surface area contributed by atoms with Gasteiger partial charge in [0.1, 0.15) is 24.4 Å². The Kier molecular flexibility index (Phi) is 48.6. The fourth-order valence-corrected chi connectivity index (χ4v) is 8.70. The summed E-state index contributed by atoms with van der Waals surface area (Å²) < 4.78 is 11.3. The van der Waals surface area contributed by atoms with Gasteiger partial charge < -0.3 is 40.3 Å². The molecule has 418 valence electrons. The van der Waals surface area contributed by atoms with Crippen molar-refractivity contribution in [3.8, 4) is 0 Å². The number of rotatable bonds is 49. The van der Waals surface area contributed by atoms with Crippen LogP contribution < -0.4 is 5.32 Å². The van der Waals surface area contributed by atoms with Crippen LogP contribution in [0.3, 0.4) is 0 Å². The van der Waals surface area contributed by atoms with Crippen LogP contribution in [0.1, 0.15) is 232 Å². The molecule has 0 aromatic rings. The average molecular weight is 1020 g/mol. The number of ether oxygens (including phenoxy) is 2. The normalized spacial score (nSPS) is 19.9. The summed E-state index contributed by atoms with van der Waals surface area (Å²) in [4.78, 5) is 13.1. The highest BCUT2D eigenvalue weighted by atomic mass is 16.7. The number of amides is 1. The van der Waals surface area contributed by atoms with Crippen LogP contribution in [-0.2, 0) is 14.3 Å². The molecule has 1 aliphatic heterocycles. The number of hydrogen-bond acceptors (Lipinski definition) is 8. The van der Waals surface area contributed by atoms with Crippen molar-refractivity contribution in [3.63, 3.8) is 0 Å². The molecule has 1 rings (SSSR count). The van der Waals surface area contributed by atoms with Crippen LogP contribution in [0.25, 0.3) is 0 Å². The molecule has 7 unspecified atom stereocenters. The molecule has 1 saturated heterocycles. The number of hydrogen-bond donors (Lipinski definition) is 6. The molecule has 9 heteroatoms. The van der Waals surface area contributed by atoms with Crippen LogP contribution in [0.15, 0.2) is 109 Å². The zero-order valence-corrected chi connectivity index (χ0v) is 46.4. The largest absolute Gasteiger partial charge is 0.394 e. The van der Waals surface area contributed by atoms with Gasteiger partial charge in [-0.3, -0.25) is 4.79 Å². The van der Waals surface area contributed by atoms with Crippen molar-refractivity contribution in [1.29, 1.82) is 0 Å². The van der Waals surface area contributed by atoms with E-state index in [1.54, 1.807) is 6.08 Å². The fourth-order valence-electron chi connectivity index (χ4n) is 8.70. The molecule has 0 bridgehead atoms. The van der Waals surface area contributed by atoms with Crippen molar-refractivity contribution in [2.75, 3.05) is 13.2 Å². The van der Waals surface area contributed by atoms with Crippen molar-refractivity contribution in [2.45, 2.75) is 275 Å². The minimum atomic E-state index is -1.57. The van der Waals surface area contributed by atoms with Gasteiger partial charge in [0, 0.05) is 6.42 Å². The summed E-state index contributed by atoms with van der Waals surface area (Å²) in [5.74, 6) is -0.189. The lowest BCUT2D eigenvalue weighted by Crippen LogP contribution is -2.60. The van der Waals surface area contributed by atoms with Crippen LogP contribution in [0.5, 0.6) is 0 Å². The summed E-state index contributed by atoms with van der Waals surface area (Å²) in [6.45, 7) is 3.66. The minimum absolute atomic E-state index is 0.189. The molecule has 0 aliphatic carbocycles. The molecule has 1 fully saturated rings. The van der Waals surface area contributed by atoms with Gasteiger partial charge in [-0.25, -0.2) is 0 Å². The summed E-state index contributed by atoms with van der Waals surface area (Å²) in [6.07, 6.45) is 70.0. The van der Waals surface area contributed by atoms with Crippen LogP contribution in [0, 0.1) is 0 Å². The van der Waals surface area contributed by atoms with Crippen LogP contribution in [-0.4, -0.2) is 87.5 Å². The minimum Gasteiger partial charge on any atom is -0.394 e. The zero-order valence-electron chi connectivity index (χ0n) is 46.4. The molecule has 0 radical (unpaired) electrons. The van der Waals surface area contributed by atoms with Gasteiger partial charge >= 0.3 is 0 Å². The summed E-state index contributed by atoms with van der Waals surface area (Å²) >= 11 is 0. The van der Waals surface area contributed by atoms with Crippen molar-refractivity contribution in [2.24, 2.45) is 0 Å². The molecule has 73 heavy (non-hydrogen) atoms. The number of unbranched alkanes of at least 4 members (excludes halogenated alkanes) is 23. The second-order valence-corrected chi connectivity index (χ2v) is 20.1. The lowest BCUT2D eigenvalue weighted by molar-refractivity contribution is -0.302. The number of aliphatic hydroxyl groups excluding tert-OH is 5. The molecule has 9 nitrogen and oxygen atoms in total. The van der Waals surface area contributed by atoms with Crippen molar-refractivity contribution >= 4 is 5.91 Å². The van der Waals surface area contributed by atoms with E-state index in [2.05, 4.69) is 116 Å². The molecule has 0 aromatic carbocycles. The Balaban J connectivity index is 2.22. The van der Waals surface area contributed by atoms with E-state index in [9.17, 15) is 30.3 Å².